The first kappa shape index (κ1) is 24.1. The number of alkyl halides is 2. The number of hydrogen-bond acceptors (Lipinski definition) is 5. The molecule has 35 heavy (non-hydrogen) atoms. The monoisotopic (exact) mass is 494 g/mol. The lowest BCUT2D eigenvalue weighted by Crippen LogP contribution is -2.57. The van der Waals surface area contributed by atoms with Crippen molar-refractivity contribution in [1.29, 1.82) is 0 Å². The van der Waals surface area contributed by atoms with Gasteiger partial charge in [-0.25, -0.2) is 4.79 Å². The summed E-state index contributed by atoms with van der Waals surface area (Å²) in [5.41, 5.74) is -0.973. The van der Waals surface area contributed by atoms with Crippen molar-refractivity contribution in [1.82, 2.24) is 0 Å². The summed E-state index contributed by atoms with van der Waals surface area (Å²) in [7, 11) is 0. The zero-order chi connectivity index (χ0) is 24.4. The normalized spacial score (nSPS) is 45.1. The Kier molecular flexibility index (Phi) is 5.97. The zero-order valence-electron chi connectivity index (χ0n) is 20.9. The third kappa shape index (κ3) is 4.31. The molecule has 0 aliphatic heterocycles. The molecule has 0 spiro atoms. The van der Waals surface area contributed by atoms with Crippen LogP contribution in [-0.2, 0) is 23.8 Å². The Hall–Kier alpha value is -1.24. The van der Waals surface area contributed by atoms with Crippen LogP contribution in [0.5, 0.6) is 0 Å². The van der Waals surface area contributed by atoms with Crippen LogP contribution in [0.25, 0.3) is 0 Å². The zero-order valence-corrected chi connectivity index (χ0v) is 20.9. The molecule has 2 unspecified atom stereocenters. The van der Waals surface area contributed by atoms with Crippen LogP contribution in [0.15, 0.2) is 0 Å². The Morgan fingerprint density at radius 1 is 0.857 bits per heavy atom. The minimum absolute atomic E-state index is 0.00340. The third-order valence-corrected chi connectivity index (χ3v) is 10.9. The molecule has 0 heterocycles. The minimum Gasteiger partial charge on any atom is -0.461 e. The first-order valence-electron chi connectivity index (χ1n) is 14.0. The first-order chi connectivity index (χ1) is 16.7. The van der Waals surface area contributed by atoms with E-state index in [1.807, 2.05) is 0 Å². The second kappa shape index (κ2) is 8.66. The molecule has 8 saturated carbocycles. The molecular weight excluding hydrogens is 454 g/mol. The lowest BCUT2D eigenvalue weighted by atomic mass is 9.44. The Labute approximate surface area is 207 Å². The van der Waals surface area contributed by atoms with Crippen LogP contribution < -0.4 is 0 Å². The maximum absolute atomic E-state index is 13.7. The van der Waals surface area contributed by atoms with E-state index < -0.39 is 23.7 Å². The van der Waals surface area contributed by atoms with Gasteiger partial charge in [0.2, 0.25) is 0 Å². The predicted molar refractivity (Wildman–Crippen MR) is 123 cm³/mol. The van der Waals surface area contributed by atoms with Gasteiger partial charge in [-0.1, -0.05) is 6.92 Å². The SMILES string of the molecule is CCC(F)(F)C(=O)OCC12CC3CC(C1)CC(C(=O)OCOCC1C4CC5CC(C4)CC1C5)(C3)C2. The summed E-state index contributed by atoms with van der Waals surface area (Å²) in [6.45, 7) is 1.95. The summed E-state index contributed by atoms with van der Waals surface area (Å²) in [5.74, 6) is -0.318. The van der Waals surface area contributed by atoms with Crippen LogP contribution in [0.3, 0.4) is 0 Å². The van der Waals surface area contributed by atoms with Crippen molar-refractivity contribution in [2.24, 2.45) is 52.3 Å². The molecule has 5 nitrogen and oxygen atoms in total. The van der Waals surface area contributed by atoms with E-state index in [2.05, 4.69) is 0 Å². The third-order valence-electron chi connectivity index (χ3n) is 10.9. The number of halogens is 2. The van der Waals surface area contributed by atoms with E-state index >= 15 is 0 Å². The molecule has 0 radical (unpaired) electrons. The van der Waals surface area contributed by atoms with Crippen LogP contribution in [0.2, 0.25) is 0 Å². The number of ether oxygens (including phenoxy) is 3. The highest BCUT2D eigenvalue weighted by Crippen LogP contribution is 2.65. The molecule has 8 fully saturated rings. The van der Waals surface area contributed by atoms with Crippen molar-refractivity contribution in [2.75, 3.05) is 20.0 Å². The van der Waals surface area contributed by atoms with Crippen LogP contribution in [0.4, 0.5) is 8.78 Å². The summed E-state index contributed by atoms with van der Waals surface area (Å²) in [6.07, 6.45) is 11.2. The van der Waals surface area contributed by atoms with Gasteiger partial charge in [0.15, 0.2) is 6.79 Å². The van der Waals surface area contributed by atoms with Gasteiger partial charge >= 0.3 is 17.9 Å². The Morgan fingerprint density at radius 3 is 2.06 bits per heavy atom. The fourth-order valence-electron chi connectivity index (χ4n) is 10.1. The van der Waals surface area contributed by atoms with E-state index in [-0.39, 0.29) is 24.8 Å². The highest BCUT2D eigenvalue weighted by Gasteiger charge is 2.62. The van der Waals surface area contributed by atoms with E-state index in [0.717, 1.165) is 55.8 Å². The maximum Gasteiger partial charge on any atom is 0.376 e. The second-order valence-electron chi connectivity index (χ2n) is 13.4. The molecule has 0 aromatic rings. The van der Waals surface area contributed by atoms with Crippen LogP contribution in [0.1, 0.15) is 84.0 Å². The Balaban J connectivity index is 1.03. The molecule has 0 aromatic heterocycles. The summed E-state index contributed by atoms with van der Waals surface area (Å²) in [4.78, 5) is 25.3. The highest BCUT2D eigenvalue weighted by atomic mass is 19.3. The van der Waals surface area contributed by atoms with Crippen molar-refractivity contribution in [3.8, 4) is 0 Å². The molecule has 0 N–H and O–H groups in total. The fraction of sp³-hybridized carbons (Fsp3) is 0.929. The minimum atomic E-state index is -3.45. The number of carbonyl (C=O) groups is 2. The molecule has 8 bridgehead atoms. The predicted octanol–water partition coefficient (Wildman–Crippen LogP) is 5.75. The van der Waals surface area contributed by atoms with Gasteiger partial charge < -0.3 is 14.2 Å². The average molecular weight is 495 g/mol. The fourth-order valence-corrected chi connectivity index (χ4v) is 10.1. The van der Waals surface area contributed by atoms with Crippen molar-refractivity contribution in [3.05, 3.63) is 0 Å². The molecule has 196 valence electrons. The van der Waals surface area contributed by atoms with Crippen molar-refractivity contribution < 1.29 is 32.6 Å². The molecule has 7 heteroatoms. The molecule has 8 rings (SSSR count). The second-order valence-corrected chi connectivity index (χ2v) is 13.4. The van der Waals surface area contributed by atoms with Gasteiger partial charge in [0.05, 0.1) is 18.6 Å². The van der Waals surface area contributed by atoms with E-state index in [1.54, 1.807) is 0 Å². The average Bonchev–Trinajstić information content (AvgIpc) is 2.80. The summed E-state index contributed by atoms with van der Waals surface area (Å²) >= 11 is 0. The number of carbonyl (C=O) groups excluding carboxylic acids is 2. The molecule has 0 saturated heterocycles. The van der Waals surface area contributed by atoms with E-state index in [1.165, 1.54) is 39.0 Å². The van der Waals surface area contributed by atoms with Gasteiger partial charge in [0, 0.05) is 11.8 Å². The van der Waals surface area contributed by atoms with Gasteiger partial charge in [-0.2, -0.15) is 8.78 Å². The summed E-state index contributed by atoms with van der Waals surface area (Å²) in [6, 6.07) is 0. The largest absolute Gasteiger partial charge is 0.461 e. The number of rotatable bonds is 9. The molecule has 8 aliphatic rings. The van der Waals surface area contributed by atoms with E-state index in [0.29, 0.717) is 30.8 Å². The quantitative estimate of drug-likeness (QED) is 0.232. The number of esters is 2. The van der Waals surface area contributed by atoms with Crippen molar-refractivity contribution in [3.63, 3.8) is 0 Å². The topological polar surface area (TPSA) is 61.8 Å². The highest BCUT2D eigenvalue weighted by molar-refractivity contribution is 5.78. The lowest BCUT2D eigenvalue weighted by Gasteiger charge is -2.60. The van der Waals surface area contributed by atoms with Crippen LogP contribution in [0, 0.1) is 52.3 Å². The molecular formula is C28H40F2O5. The summed E-state index contributed by atoms with van der Waals surface area (Å²) < 4.78 is 44.3. The van der Waals surface area contributed by atoms with Gasteiger partial charge in [0.25, 0.3) is 0 Å². The van der Waals surface area contributed by atoms with Crippen LogP contribution in [-0.4, -0.2) is 37.9 Å². The standard InChI is InChI=1S/C28H40F2O5/c1-2-28(29,30)25(32)34-15-26-9-19-4-20(10-26)12-27(11-19,14-26)24(31)35-16-33-13-23-21-5-17-3-18(7-21)8-22(23)6-17/h17-23H,2-16H2,1H3. The number of hydrogen-bond donors (Lipinski definition) is 0. The van der Waals surface area contributed by atoms with E-state index in [9.17, 15) is 18.4 Å². The van der Waals surface area contributed by atoms with Gasteiger partial charge in [-0.15, -0.1) is 0 Å². The summed E-state index contributed by atoms with van der Waals surface area (Å²) in [5, 5.41) is 0. The Bertz CT molecular complexity index is 814. The van der Waals surface area contributed by atoms with Crippen molar-refractivity contribution >= 4 is 11.9 Å². The molecule has 2 atom stereocenters. The van der Waals surface area contributed by atoms with Crippen LogP contribution >= 0.6 is 0 Å². The molecule has 8 aliphatic carbocycles. The first-order valence-corrected chi connectivity index (χ1v) is 14.0. The Morgan fingerprint density at radius 2 is 1.46 bits per heavy atom. The molecule has 0 amide bonds. The smallest absolute Gasteiger partial charge is 0.376 e. The van der Waals surface area contributed by atoms with Gasteiger partial charge in [-0.3, -0.25) is 4.79 Å². The van der Waals surface area contributed by atoms with Crippen molar-refractivity contribution in [2.45, 2.75) is 89.9 Å². The van der Waals surface area contributed by atoms with E-state index in [4.69, 9.17) is 14.2 Å². The van der Waals surface area contributed by atoms with Gasteiger partial charge in [0.1, 0.15) is 0 Å². The van der Waals surface area contributed by atoms with Gasteiger partial charge in [-0.05, 0) is 112 Å². The molecule has 0 aromatic carbocycles. The maximum atomic E-state index is 13.7. The lowest BCUT2D eigenvalue weighted by molar-refractivity contribution is -0.203.